The Morgan fingerprint density at radius 1 is 1.05 bits per heavy atom. The molecule has 2 aromatic carbocycles. The van der Waals surface area contributed by atoms with Gasteiger partial charge in [0.15, 0.2) is 0 Å². The van der Waals surface area contributed by atoms with Crippen molar-refractivity contribution in [1.29, 1.82) is 0 Å². The van der Waals surface area contributed by atoms with E-state index in [1.165, 1.54) is 16.3 Å². The summed E-state index contributed by atoms with van der Waals surface area (Å²) in [6.07, 6.45) is 3.11. The summed E-state index contributed by atoms with van der Waals surface area (Å²) in [6.45, 7) is 0.740. The summed E-state index contributed by atoms with van der Waals surface area (Å²) in [4.78, 5) is 0. The van der Waals surface area contributed by atoms with E-state index in [9.17, 15) is 0 Å². The summed E-state index contributed by atoms with van der Waals surface area (Å²) in [5.41, 5.74) is 12.9. The van der Waals surface area contributed by atoms with Gasteiger partial charge in [-0.2, -0.15) is 0 Å². The standard InChI is InChI=1S/C16H22N2O.ClH/c1-19-15-8-7-12-10-14(6-5-13(12)11-15)16(18)4-2-3-9-17;/h5-8,10-11,16H,2-4,9,17-18H2,1H3;1H/t16-;/m0./s1. The van der Waals surface area contributed by atoms with Crippen LogP contribution in [0.5, 0.6) is 5.75 Å². The molecule has 2 aromatic rings. The van der Waals surface area contributed by atoms with E-state index in [0.717, 1.165) is 31.6 Å². The Morgan fingerprint density at radius 3 is 2.45 bits per heavy atom. The third-order valence-corrected chi connectivity index (χ3v) is 3.47. The molecule has 0 aliphatic carbocycles. The fraction of sp³-hybridized carbons (Fsp3) is 0.375. The summed E-state index contributed by atoms with van der Waals surface area (Å²) in [5.74, 6) is 0.882. The second kappa shape index (κ2) is 8.10. The van der Waals surface area contributed by atoms with Crippen LogP contribution in [0.1, 0.15) is 30.9 Å². The van der Waals surface area contributed by atoms with E-state index in [2.05, 4.69) is 24.3 Å². The first-order chi connectivity index (χ1) is 9.24. The smallest absolute Gasteiger partial charge is 0.119 e. The minimum absolute atomic E-state index is 0. The summed E-state index contributed by atoms with van der Waals surface area (Å²) >= 11 is 0. The SMILES string of the molecule is COc1ccc2cc([C@@H](N)CCCCN)ccc2c1.Cl. The van der Waals surface area contributed by atoms with Crippen LogP contribution in [0.25, 0.3) is 10.8 Å². The van der Waals surface area contributed by atoms with Gasteiger partial charge in [-0.15, -0.1) is 12.4 Å². The Balaban J connectivity index is 0.00000200. The maximum Gasteiger partial charge on any atom is 0.119 e. The monoisotopic (exact) mass is 294 g/mol. The fourth-order valence-electron chi connectivity index (χ4n) is 2.28. The highest BCUT2D eigenvalue weighted by molar-refractivity contribution is 5.85. The van der Waals surface area contributed by atoms with E-state index < -0.39 is 0 Å². The van der Waals surface area contributed by atoms with Crippen LogP contribution in [0.3, 0.4) is 0 Å². The number of nitrogens with two attached hydrogens (primary N) is 2. The highest BCUT2D eigenvalue weighted by Crippen LogP contribution is 2.25. The lowest BCUT2D eigenvalue weighted by atomic mass is 9.98. The molecule has 0 spiro atoms. The van der Waals surface area contributed by atoms with Crippen molar-refractivity contribution in [3.63, 3.8) is 0 Å². The van der Waals surface area contributed by atoms with Crippen molar-refractivity contribution < 1.29 is 4.74 Å². The normalized spacial score (nSPS) is 11.9. The predicted octanol–water partition coefficient (Wildman–Crippen LogP) is 3.40. The highest BCUT2D eigenvalue weighted by atomic mass is 35.5. The van der Waals surface area contributed by atoms with Gasteiger partial charge in [0.1, 0.15) is 5.75 Å². The van der Waals surface area contributed by atoms with Gasteiger partial charge >= 0.3 is 0 Å². The summed E-state index contributed by atoms with van der Waals surface area (Å²) in [7, 11) is 1.68. The van der Waals surface area contributed by atoms with Crippen molar-refractivity contribution in [3.8, 4) is 5.75 Å². The van der Waals surface area contributed by atoms with Crippen LogP contribution in [0, 0.1) is 0 Å². The van der Waals surface area contributed by atoms with E-state index >= 15 is 0 Å². The second-order valence-electron chi connectivity index (χ2n) is 4.86. The zero-order valence-corrected chi connectivity index (χ0v) is 12.7. The number of rotatable bonds is 6. The Bertz CT molecular complexity index is 545. The van der Waals surface area contributed by atoms with Crippen LogP contribution >= 0.6 is 12.4 Å². The minimum Gasteiger partial charge on any atom is -0.497 e. The highest BCUT2D eigenvalue weighted by Gasteiger charge is 2.06. The first-order valence-electron chi connectivity index (χ1n) is 6.78. The van der Waals surface area contributed by atoms with Crippen LogP contribution in [0.15, 0.2) is 36.4 Å². The number of hydrogen-bond acceptors (Lipinski definition) is 3. The lowest BCUT2D eigenvalue weighted by molar-refractivity contribution is 0.415. The van der Waals surface area contributed by atoms with Crippen molar-refractivity contribution in [2.24, 2.45) is 11.5 Å². The number of benzene rings is 2. The van der Waals surface area contributed by atoms with E-state index in [0.29, 0.717) is 0 Å². The Morgan fingerprint density at radius 2 is 1.75 bits per heavy atom. The van der Waals surface area contributed by atoms with Crippen LogP contribution in [0.4, 0.5) is 0 Å². The molecule has 0 bridgehead atoms. The van der Waals surface area contributed by atoms with E-state index in [1.807, 2.05) is 12.1 Å². The third kappa shape index (κ3) is 4.10. The predicted molar refractivity (Wildman–Crippen MR) is 87.6 cm³/mol. The lowest BCUT2D eigenvalue weighted by Gasteiger charge is -2.13. The molecule has 0 unspecified atom stereocenters. The molecular weight excluding hydrogens is 272 g/mol. The van der Waals surface area contributed by atoms with Gasteiger partial charge in [-0.25, -0.2) is 0 Å². The lowest BCUT2D eigenvalue weighted by Crippen LogP contribution is -2.11. The maximum absolute atomic E-state index is 6.22. The minimum atomic E-state index is 0. The summed E-state index contributed by atoms with van der Waals surface area (Å²) in [5, 5.41) is 2.38. The summed E-state index contributed by atoms with van der Waals surface area (Å²) < 4.78 is 5.23. The van der Waals surface area contributed by atoms with Crippen molar-refractivity contribution in [2.45, 2.75) is 25.3 Å². The summed E-state index contributed by atoms with van der Waals surface area (Å²) in [6, 6.07) is 12.6. The largest absolute Gasteiger partial charge is 0.497 e. The molecule has 4 N–H and O–H groups in total. The first-order valence-corrected chi connectivity index (χ1v) is 6.78. The molecule has 110 valence electrons. The molecule has 0 saturated heterocycles. The molecule has 1 atom stereocenters. The average Bonchev–Trinajstić information content (AvgIpc) is 2.46. The Labute approximate surface area is 126 Å². The molecule has 3 nitrogen and oxygen atoms in total. The van der Waals surface area contributed by atoms with Gasteiger partial charge in [-0.1, -0.05) is 24.6 Å². The Kier molecular flexibility index (Phi) is 6.79. The van der Waals surface area contributed by atoms with Crippen molar-refractivity contribution >= 4 is 23.2 Å². The zero-order chi connectivity index (χ0) is 13.7. The molecule has 0 aliphatic rings. The van der Waals surface area contributed by atoms with Gasteiger partial charge in [-0.05, 0) is 53.9 Å². The number of methoxy groups -OCH3 is 1. The van der Waals surface area contributed by atoms with Gasteiger partial charge in [0.2, 0.25) is 0 Å². The quantitative estimate of drug-likeness (QED) is 0.803. The van der Waals surface area contributed by atoms with Gasteiger partial charge in [0, 0.05) is 6.04 Å². The molecule has 2 rings (SSSR count). The average molecular weight is 295 g/mol. The van der Waals surface area contributed by atoms with Crippen LogP contribution in [-0.2, 0) is 0 Å². The van der Waals surface area contributed by atoms with Crippen LogP contribution in [0.2, 0.25) is 0 Å². The molecule has 20 heavy (non-hydrogen) atoms. The van der Waals surface area contributed by atoms with E-state index in [-0.39, 0.29) is 18.4 Å². The molecule has 4 heteroatoms. The zero-order valence-electron chi connectivity index (χ0n) is 11.8. The first kappa shape index (κ1) is 16.8. The van der Waals surface area contributed by atoms with Crippen molar-refractivity contribution in [3.05, 3.63) is 42.0 Å². The van der Waals surface area contributed by atoms with Crippen LogP contribution < -0.4 is 16.2 Å². The molecule has 0 heterocycles. The molecular formula is C16H23ClN2O. The van der Waals surface area contributed by atoms with E-state index in [4.69, 9.17) is 16.2 Å². The third-order valence-electron chi connectivity index (χ3n) is 3.47. The topological polar surface area (TPSA) is 61.3 Å². The van der Waals surface area contributed by atoms with Crippen molar-refractivity contribution in [1.82, 2.24) is 0 Å². The molecule has 0 aliphatic heterocycles. The number of halogens is 1. The second-order valence-corrected chi connectivity index (χ2v) is 4.86. The molecule has 0 saturated carbocycles. The van der Waals surface area contributed by atoms with Gasteiger partial charge in [-0.3, -0.25) is 0 Å². The van der Waals surface area contributed by atoms with Gasteiger partial charge in [0.05, 0.1) is 7.11 Å². The maximum atomic E-state index is 6.22. The van der Waals surface area contributed by atoms with Crippen LogP contribution in [-0.4, -0.2) is 13.7 Å². The molecule has 0 amide bonds. The molecule has 0 radical (unpaired) electrons. The number of unbranched alkanes of at least 4 members (excludes halogenated alkanes) is 1. The van der Waals surface area contributed by atoms with E-state index in [1.54, 1.807) is 7.11 Å². The fourth-order valence-corrected chi connectivity index (χ4v) is 2.28. The molecule has 0 aromatic heterocycles. The van der Waals surface area contributed by atoms with Gasteiger partial charge in [0.25, 0.3) is 0 Å². The molecule has 0 fully saturated rings. The Hall–Kier alpha value is -1.29. The van der Waals surface area contributed by atoms with Gasteiger partial charge < -0.3 is 16.2 Å². The number of fused-ring (bicyclic) bond motifs is 1. The number of ether oxygens (including phenoxy) is 1. The van der Waals surface area contributed by atoms with Crippen molar-refractivity contribution in [2.75, 3.05) is 13.7 Å². The number of hydrogen-bond donors (Lipinski definition) is 2.